The molecule has 6 heteroatoms. The van der Waals surface area contributed by atoms with Crippen molar-refractivity contribution >= 4 is 15.7 Å². The van der Waals surface area contributed by atoms with Crippen molar-refractivity contribution in [2.24, 2.45) is 0 Å². The highest BCUT2D eigenvalue weighted by Crippen LogP contribution is 2.26. The Morgan fingerprint density at radius 1 is 1.09 bits per heavy atom. The quantitative estimate of drug-likeness (QED) is 0.934. The second-order valence-electron chi connectivity index (χ2n) is 5.37. The Morgan fingerprint density at radius 3 is 2.36 bits per heavy atom. The first-order valence-electron chi connectivity index (χ1n) is 6.68. The smallest absolute Gasteiger partial charge is 0.229 e. The number of rotatable bonds is 4. The Kier molecular flexibility index (Phi) is 4.51. The van der Waals surface area contributed by atoms with E-state index in [4.69, 9.17) is 0 Å². The molecule has 0 bridgehead atoms. The van der Waals surface area contributed by atoms with Crippen LogP contribution < -0.4 is 4.72 Å². The van der Waals surface area contributed by atoms with Crippen molar-refractivity contribution in [3.63, 3.8) is 0 Å². The summed E-state index contributed by atoms with van der Waals surface area (Å²) in [4.78, 5) is 0. The summed E-state index contributed by atoms with van der Waals surface area (Å²) in [7, 11) is -3.58. The molecule has 118 valence electrons. The number of anilines is 1. The van der Waals surface area contributed by atoms with Crippen LogP contribution in [0, 0.1) is 25.5 Å². The van der Waals surface area contributed by atoms with Gasteiger partial charge in [0, 0.05) is 12.0 Å². The second kappa shape index (κ2) is 6.04. The van der Waals surface area contributed by atoms with Gasteiger partial charge in [0.05, 0.1) is 11.9 Å². The van der Waals surface area contributed by atoms with Gasteiger partial charge in [-0.1, -0.05) is 23.8 Å². The molecule has 0 aliphatic heterocycles. The molecule has 0 fully saturated rings. The molecule has 22 heavy (non-hydrogen) atoms. The average molecular weight is 325 g/mol. The molecule has 0 saturated carbocycles. The van der Waals surface area contributed by atoms with Crippen LogP contribution in [0.25, 0.3) is 0 Å². The Morgan fingerprint density at radius 2 is 1.77 bits per heavy atom. The third-order valence-electron chi connectivity index (χ3n) is 3.36. The van der Waals surface area contributed by atoms with E-state index >= 15 is 0 Å². The number of sulfonamides is 1. The highest BCUT2D eigenvalue weighted by Gasteiger charge is 2.17. The number of halogens is 2. The fourth-order valence-corrected chi connectivity index (χ4v) is 2.89. The van der Waals surface area contributed by atoms with Gasteiger partial charge in [-0.2, -0.15) is 0 Å². The van der Waals surface area contributed by atoms with E-state index in [1.807, 2.05) is 32.0 Å². The summed E-state index contributed by atoms with van der Waals surface area (Å²) in [6.07, 6.45) is 1.07. The largest absolute Gasteiger partial charge is 0.283 e. The van der Waals surface area contributed by atoms with Gasteiger partial charge in [-0.05, 0) is 37.1 Å². The van der Waals surface area contributed by atoms with Gasteiger partial charge in [-0.3, -0.25) is 4.72 Å². The number of hydrogen-bond donors (Lipinski definition) is 1. The highest BCUT2D eigenvalue weighted by atomic mass is 32.2. The lowest BCUT2D eigenvalue weighted by Gasteiger charge is -2.14. The lowest BCUT2D eigenvalue weighted by Crippen LogP contribution is -2.13. The van der Waals surface area contributed by atoms with Crippen LogP contribution in [0.2, 0.25) is 0 Å². The van der Waals surface area contributed by atoms with E-state index < -0.39 is 21.7 Å². The maximum Gasteiger partial charge on any atom is 0.229 e. The van der Waals surface area contributed by atoms with Gasteiger partial charge in [0.25, 0.3) is 0 Å². The third kappa shape index (κ3) is 3.82. The van der Waals surface area contributed by atoms with Gasteiger partial charge in [-0.15, -0.1) is 0 Å². The van der Waals surface area contributed by atoms with E-state index in [0.717, 1.165) is 29.0 Å². The monoisotopic (exact) mass is 325 g/mol. The van der Waals surface area contributed by atoms with Gasteiger partial charge in [0.1, 0.15) is 0 Å². The van der Waals surface area contributed by atoms with Crippen LogP contribution >= 0.6 is 0 Å². The Labute approximate surface area is 129 Å². The molecular weight excluding hydrogens is 308 g/mol. The summed E-state index contributed by atoms with van der Waals surface area (Å²) < 4.78 is 52.6. The maximum absolute atomic E-state index is 14.1. The molecule has 0 heterocycles. The minimum Gasteiger partial charge on any atom is -0.283 e. The van der Waals surface area contributed by atoms with E-state index in [9.17, 15) is 17.2 Å². The fourth-order valence-electron chi connectivity index (χ4n) is 2.30. The number of aryl methyl sites for hydroxylation is 2. The standard InChI is InChI=1S/C16H17F2NO2S/c1-10-4-5-12(11(2)8-10)9-13-15(19-22(3,20)21)7-6-14(17)16(13)18/h4-8,19H,9H2,1-3H3. The van der Waals surface area contributed by atoms with E-state index in [1.54, 1.807) is 0 Å². The van der Waals surface area contributed by atoms with Crippen molar-refractivity contribution in [3.05, 3.63) is 64.2 Å². The fraction of sp³-hybridized carbons (Fsp3) is 0.250. The van der Waals surface area contributed by atoms with Crippen LogP contribution in [0.1, 0.15) is 22.3 Å². The first-order chi connectivity index (χ1) is 10.2. The third-order valence-corrected chi connectivity index (χ3v) is 3.95. The van der Waals surface area contributed by atoms with Gasteiger partial charge in [0.15, 0.2) is 11.6 Å². The molecule has 0 unspecified atom stereocenters. The van der Waals surface area contributed by atoms with Crippen molar-refractivity contribution in [3.8, 4) is 0 Å². The molecule has 2 aromatic carbocycles. The van der Waals surface area contributed by atoms with E-state index in [1.165, 1.54) is 6.07 Å². The van der Waals surface area contributed by atoms with Crippen LogP contribution in [0.3, 0.4) is 0 Å². The summed E-state index contributed by atoms with van der Waals surface area (Å²) in [5, 5.41) is 0. The van der Waals surface area contributed by atoms with Crippen LogP contribution in [0.15, 0.2) is 30.3 Å². The lowest BCUT2D eigenvalue weighted by molar-refractivity contribution is 0.501. The van der Waals surface area contributed by atoms with E-state index in [2.05, 4.69) is 4.72 Å². The van der Waals surface area contributed by atoms with Crippen LogP contribution in [-0.2, 0) is 16.4 Å². The summed E-state index contributed by atoms with van der Waals surface area (Å²) in [6.45, 7) is 3.82. The predicted molar refractivity (Wildman–Crippen MR) is 83.5 cm³/mol. The molecule has 1 N–H and O–H groups in total. The SMILES string of the molecule is Cc1ccc(Cc2c(NS(C)(=O)=O)ccc(F)c2F)c(C)c1. The van der Waals surface area contributed by atoms with Gasteiger partial charge in [0.2, 0.25) is 10.0 Å². The summed E-state index contributed by atoms with van der Waals surface area (Å²) in [5.41, 5.74) is 2.87. The van der Waals surface area contributed by atoms with Crippen LogP contribution in [-0.4, -0.2) is 14.7 Å². The van der Waals surface area contributed by atoms with Gasteiger partial charge < -0.3 is 0 Å². The van der Waals surface area contributed by atoms with Crippen molar-refractivity contribution in [1.29, 1.82) is 0 Å². The van der Waals surface area contributed by atoms with Crippen molar-refractivity contribution < 1.29 is 17.2 Å². The molecule has 0 aliphatic carbocycles. The van der Waals surface area contributed by atoms with Crippen LogP contribution in [0.5, 0.6) is 0 Å². The van der Waals surface area contributed by atoms with Gasteiger partial charge >= 0.3 is 0 Å². The first-order valence-corrected chi connectivity index (χ1v) is 8.57. The van der Waals surface area contributed by atoms with Crippen molar-refractivity contribution in [2.45, 2.75) is 20.3 Å². The number of benzene rings is 2. The molecule has 0 radical (unpaired) electrons. The molecular formula is C16H17F2NO2S. The zero-order chi connectivity index (χ0) is 16.5. The average Bonchev–Trinajstić information content (AvgIpc) is 2.39. The normalized spacial score (nSPS) is 11.5. The molecule has 2 rings (SSSR count). The lowest BCUT2D eigenvalue weighted by atomic mass is 9.97. The van der Waals surface area contributed by atoms with E-state index in [-0.39, 0.29) is 17.7 Å². The minimum atomic E-state index is -3.58. The highest BCUT2D eigenvalue weighted by molar-refractivity contribution is 7.92. The zero-order valence-corrected chi connectivity index (χ0v) is 13.4. The Hall–Kier alpha value is -1.95. The van der Waals surface area contributed by atoms with Crippen molar-refractivity contribution in [2.75, 3.05) is 11.0 Å². The van der Waals surface area contributed by atoms with Gasteiger partial charge in [-0.25, -0.2) is 17.2 Å². The number of hydrogen-bond acceptors (Lipinski definition) is 2. The zero-order valence-electron chi connectivity index (χ0n) is 12.6. The molecule has 0 amide bonds. The second-order valence-corrected chi connectivity index (χ2v) is 7.12. The number of nitrogens with one attached hydrogen (secondary N) is 1. The first kappa shape index (κ1) is 16.4. The Bertz CT molecular complexity index is 817. The molecule has 0 atom stereocenters. The summed E-state index contributed by atoms with van der Waals surface area (Å²) in [5.74, 6) is -2.03. The topological polar surface area (TPSA) is 46.2 Å². The molecule has 0 aliphatic rings. The van der Waals surface area contributed by atoms with Crippen LogP contribution in [0.4, 0.5) is 14.5 Å². The maximum atomic E-state index is 14.1. The summed E-state index contributed by atoms with van der Waals surface area (Å²) >= 11 is 0. The van der Waals surface area contributed by atoms with E-state index in [0.29, 0.717) is 0 Å². The minimum absolute atomic E-state index is 0.00243. The predicted octanol–water partition coefficient (Wildman–Crippen LogP) is 3.54. The molecule has 3 nitrogen and oxygen atoms in total. The Balaban J connectivity index is 2.50. The molecule has 0 aromatic heterocycles. The molecule has 0 spiro atoms. The van der Waals surface area contributed by atoms with Crippen molar-refractivity contribution in [1.82, 2.24) is 0 Å². The molecule has 0 saturated heterocycles. The molecule has 2 aromatic rings. The summed E-state index contributed by atoms with van der Waals surface area (Å²) in [6, 6.07) is 7.80.